The number of hydrogen-bond acceptors (Lipinski definition) is 3. The number of fused-ring (bicyclic) bond motifs is 2. The highest BCUT2D eigenvalue weighted by Crippen LogP contribution is 2.35. The number of nitrogens with zero attached hydrogens (tertiary/aromatic N) is 3. The minimum absolute atomic E-state index is 0.656. The third-order valence-corrected chi connectivity index (χ3v) is 5.71. The van der Waals surface area contributed by atoms with Gasteiger partial charge in [0.25, 0.3) is 0 Å². The van der Waals surface area contributed by atoms with E-state index in [1.54, 1.807) is 6.33 Å². The van der Waals surface area contributed by atoms with Crippen molar-refractivity contribution in [3.8, 4) is 11.1 Å². The molecule has 26 heavy (non-hydrogen) atoms. The Kier molecular flexibility index (Phi) is 3.57. The molecular weight excluding hydrogens is 322 g/mol. The highest BCUT2D eigenvalue weighted by molar-refractivity contribution is 5.90. The molecule has 1 aliphatic rings. The standard InChI is InChI=1S/C21H23N5/c1-13-8-18-19(15-3-5-22-6-4-15)10-23-20(18)9-17(13)16-7-14(2)21-24-12-25-26(21)11-16/h7-12,15,22-23H,3-6H2,1-2H3. The minimum Gasteiger partial charge on any atom is -0.361 e. The van der Waals surface area contributed by atoms with Crippen LogP contribution in [-0.2, 0) is 0 Å². The predicted molar refractivity (Wildman–Crippen MR) is 105 cm³/mol. The van der Waals surface area contributed by atoms with E-state index in [1.807, 2.05) is 4.52 Å². The summed E-state index contributed by atoms with van der Waals surface area (Å²) in [7, 11) is 0. The van der Waals surface area contributed by atoms with Gasteiger partial charge < -0.3 is 10.3 Å². The number of piperidine rings is 1. The Morgan fingerprint density at radius 1 is 1.08 bits per heavy atom. The SMILES string of the molecule is Cc1cc2c(C3CCNCC3)c[nH]c2cc1-c1cc(C)c2ncnn2c1. The second-order valence-electron chi connectivity index (χ2n) is 7.42. The van der Waals surface area contributed by atoms with Gasteiger partial charge in [-0.25, -0.2) is 9.50 Å². The molecule has 0 radical (unpaired) electrons. The average molecular weight is 345 g/mol. The lowest BCUT2D eigenvalue weighted by Gasteiger charge is -2.22. The lowest BCUT2D eigenvalue weighted by Crippen LogP contribution is -2.26. The molecule has 5 heteroatoms. The highest BCUT2D eigenvalue weighted by Gasteiger charge is 2.19. The number of pyridine rings is 1. The number of rotatable bonds is 2. The first kappa shape index (κ1) is 15.6. The summed E-state index contributed by atoms with van der Waals surface area (Å²) >= 11 is 0. The van der Waals surface area contributed by atoms with Crippen LogP contribution in [-0.4, -0.2) is 32.7 Å². The number of aromatic nitrogens is 4. The lowest BCUT2D eigenvalue weighted by molar-refractivity contribution is 0.462. The molecule has 2 N–H and O–H groups in total. The maximum atomic E-state index is 4.32. The number of nitrogens with one attached hydrogen (secondary N) is 2. The smallest absolute Gasteiger partial charge is 0.158 e. The molecule has 1 aliphatic heterocycles. The fourth-order valence-corrected chi connectivity index (χ4v) is 4.32. The molecule has 4 heterocycles. The van der Waals surface area contributed by atoms with Crippen LogP contribution in [0.1, 0.15) is 35.4 Å². The Morgan fingerprint density at radius 2 is 1.92 bits per heavy atom. The van der Waals surface area contributed by atoms with Gasteiger partial charge in [-0.2, -0.15) is 5.10 Å². The maximum absolute atomic E-state index is 4.32. The summed E-state index contributed by atoms with van der Waals surface area (Å²) in [6.07, 6.45) is 8.33. The van der Waals surface area contributed by atoms with Gasteiger partial charge in [-0.05, 0) is 86.1 Å². The van der Waals surface area contributed by atoms with Crippen molar-refractivity contribution in [3.63, 3.8) is 0 Å². The van der Waals surface area contributed by atoms with Crippen molar-refractivity contribution in [3.05, 3.63) is 53.6 Å². The molecule has 4 aromatic rings. The summed E-state index contributed by atoms with van der Waals surface area (Å²) in [5.74, 6) is 0.656. The maximum Gasteiger partial charge on any atom is 0.158 e. The Bertz CT molecular complexity index is 1100. The average Bonchev–Trinajstić information content (AvgIpc) is 3.28. The molecule has 0 atom stereocenters. The molecule has 0 bridgehead atoms. The predicted octanol–water partition coefficient (Wildman–Crippen LogP) is 3.96. The van der Waals surface area contributed by atoms with Crippen molar-refractivity contribution in [2.24, 2.45) is 0 Å². The zero-order chi connectivity index (χ0) is 17.7. The lowest BCUT2D eigenvalue weighted by atomic mass is 9.89. The number of benzene rings is 1. The Balaban J connectivity index is 1.63. The molecule has 1 fully saturated rings. The van der Waals surface area contributed by atoms with Gasteiger partial charge in [0, 0.05) is 28.9 Å². The zero-order valence-electron chi connectivity index (χ0n) is 15.2. The number of hydrogen-bond donors (Lipinski definition) is 2. The summed E-state index contributed by atoms with van der Waals surface area (Å²) in [4.78, 5) is 7.84. The first-order valence-electron chi connectivity index (χ1n) is 9.33. The van der Waals surface area contributed by atoms with Crippen LogP contribution >= 0.6 is 0 Å². The molecule has 0 aliphatic carbocycles. The first-order valence-corrected chi connectivity index (χ1v) is 9.33. The van der Waals surface area contributed by atoms with E-state index >= 15 is 0 Å². The fraction of sp³-hybridized carbons (Fsp3) is 0.333. The van der Waals surface area contributed by atoms with Crippen LogP contribution in [0.3, 0.4) is 0 Å². The number of aromatic amines is 1. The van der Waals surface area contributed by atoms with Crippen LogP contribution in [0.25, 0.3) is 27.7 Å². The van der Waals surface area contributed by atoms with E-state index in [0.717, 1.165) is 24.3 Å². The van der Waals surface area contributed by atoms with Crippen molar-refractivity contribution in [1.82, 2.24) is 24.9 Å². The molecule has 0 saturated carbocycles. The van der Waals surface area contributed by atoms with Gasteiger partial charge in [-0.1, -0.05) is 0 Å². The Labute approximate surface area is 152 Å². The molecule has 0 amide bonds. The summed E-state index contributed by atoms with van der Waals surface area (Å²) in [6.45, 7) is 6.53. The van der Waals surface area contributed by atoms with Crippen molar-refractivity contribution in [2.45, 2.75) is 32.6 Å². The van der Waals surface area contributed by atoms with Crippen molar-refractivity contribution in [2.75, 3.05) is 13.1 Å². The minimum atomic E-state index is 0.656. The molecule has 5 rings (SSSR count). The van der Waals surface area contributed by atoms with Gasteiger partial charge in [0.1, 0.15) is 6.33 Å². The molecule has 0 unspecified atom stereocenters. The van der Waals surface area contributed by atoms with Gasteiger partial charge in [0.05, 0.1) is 0 Å². The summed E-state index contributed by atoms with van der Waals surface area (Å²) in [6, 6.07) is 6.83. The van der Waals surface area contributed by atoms with Crippen LogP contribution in [0.2, 0.25) is 0 Å². The van der Waals surface area contributed by atoms with E-state index < -0.39 is 0 Å². The molecule has 1 saturated heterocycles. The largest absolute Gasteiger partial charge is 0.361 e. The van der Waals surface area contributed by atoms with Crippen LogP contribution in [0, 0.1) is 13.8 Å². The van der Waals surface area contributed by atoms with Crippen LogP contribution < -0.4 is 5.32 Å². The monoisotopic (exact) mass is 345 g/mol. The summed E-state index contributed by atoms with van der Waals surface area (Å²) in [5.41, 5.74) is 8.47. The van der Waals surface area contributed by atoms with Crippen LogP contribution in [0.15, 0.2) is 36.9 Å². The fourth-order valence-electron chi connectivity index (χ4n) is 4.32. The molecular formula is C21H23N5. The summed E-state index contributed by atoms with van der Waals surface area (Å²) < 4.78 is 1.86. The first-order chi connectivity index (χ1) is 12.7. The van der Waals surface area contributed by atoms with Crippen molar-refractivity contribution in [1.29, 1.82) is 0 Å². The van der Waals surface area contributed by atoms with E-state index in [9.17, 15) is 0 Å². The highest BCUT2D eigenvalue weighted by atomic mass is 15.3. The molecule has 3 aromatic heterocycles. The topological polar surface area (TPSA) is 58.0 Å². The van der Waals surface area contributed by atoms with Crippen LogP contribution in [0.4, 0.5) is 0 Å². The normalized spacial score (nSPS) is 15.9. The molecule has 0 spiro atoms. The molecule has 1 aromatic carbocycles. The van der Waals surface area contributed by atoms with Gasteiger partial charge in [-0.3, -0.25) is 0 Å². The third-order valence-electron chi connectivity index (χ3n) is 5.71. The van der Waals surface area contributed by atoms with Gasteiger partial charge >= 0.3 is 0 Å². The van der Waals surface area contributed by atoms with Gasteiger partial charge in [-0.15, -0.1) is 0 Å². The Morgan fingerprint density at radius 3 is 2.77 bits per heavy atom. The molecule has 132 valence electrons. The number of H-pyrrole nitrogens is 1. The zero-order valence-corrected chi connectivity index (χ0v) is 15.2. The second kappa shape index (κ2) is 5.95. The van der Waals surface area contributed by atoms with Crippen molar-refractivity contribution >= 4 is 16.6 Å². The van der Waals surface area contributed by atoms with E-state index in [0.29, 0.717) is 5.92 Å². The Hall–Kier alpha value is -2.66. The van der Waals surface area contributed by atoms with Crippen LogP contribution in [0.5, 0.6) is 0 Å². The van der Waals surface area contributed by atoms with E-state index in [1.165, 1.54) is 46.0 Å². The number of aryl methyl sites for hydroxylation is 2. The van der Waals surface area contributed by atoms with Gasteiger partial charge in [0.15, 0.2) is 5.65 Å². The van der Waals surface area contributed by atoms with E-state index in [4.69, 9.17) is 0 Å². The van der Waals surface area contributed by atoms with E-state index in [2.05, 4.69) is 64.8 Å². The van der Waals surface area contributed by atoms with Crippen molar-refractivity contribution < 1.29 is 0 Å². The van der Waals surface area contributed by atoms with Gasteiger partial charge in [0.2, 0.25) is 0 Å². The molecule has 5 nitrogen and oxygen atoms in total. The van der Waals surface area contributed by atoms with E-state index in [-0.39, 0.29) is 0 Å². The second-order valence-corrected chi connectivity index (χ2v) is 7.42. The quantitative estimate of drug-likeness (QED) is 0.578. The third kappa shape index (κ3) is 2.42. The summed E-state index contributed by atoms with van der Waals surface area (Å²) in [5, 5.41) is 9.15.